The second kappa shape index (κ2) is 8.93. The number of rotatable bonds is 8. The molecule has 1 N–H and O–H groups in total. The topological polar surface area (TPSA) is 84.1 Å². The first-order valence-electron chi connectivity index (χ1n) is 8.99. The minimum absolute atomic E-state index is 0.00181. The van der Waals surface area contributed by atoms with Crippen molar-refractivity contribution in [3.8, 4) is 0 Å². The normalized spacial score (nSPS) is 14.3. The number of nitrogens with zero attached hydrogens (tertiary/aromatic N) is 3. The van der Waals surface area contributed by atoms with Crippen LogP contribution in [0.5, 0.6) is 0 Å². The molecule has 26 heavy (non-hydrogen) atoms. The second-order valence-electron chi connectivity index (χ2n) is 6.25. The van der Waals surface area contributed by atoms with Gasteiger partial charge < -0.3 is 9.32 Å². The zero-order chi connectivity index (χ0) is 18.4. The summed E-state index contributed by atoms with van der Waals surface area (Å²) in [4.78, 5) is 26.5. The number of carbonyl (C=O) groups is 1. The van der Waals surface area contributed by atoms with E-state index in [2.05, 4.69) is 16.3 Å². The molecule has 1 aliphatic carbocycles. The van der Waals surface area contributed by atoms with E-state index < -0.39 is 0 Å². The van der Waals surface area contributed by atoms with Crippen LogP contribution < -0.4 is 5.69 Å². The average Bonchev–Trinajstić information content (AvgIpc) is 3.29. The molecule has 1 amide bonds. The van der Waals surface area contributed by atoms with E-state index >= 15 is 0 Å². The van der Waals surface area contributed by atoms with Crippen LogP contribution in [0.25, 0.3) is 0 Å². The number of nitrogens with one attached hydrogen (secondary N) is 1. The predicted molar refractivity (Wildman–Crippen MR) is 99.7 cm³/mol. The summed E-state index contributed by atoms with van der Waals surface area (Å²) in [5, 5.41) is 7.05. The number of aromatic amines is 1. The van der Waals surface area contributed by atoms with Gasteiger partial charge in [-0.25, -0.2) is 9.89 Å². The minimum atomic E-state index is -0.232. The Morgan fingerprint density at radius 2 is 2.35 bits per heavy atom. The monoisotopic (exact) mass is 376 g/mol. The van der Waals surface area contributed by atoms with Gasteiger partial charge in [-0.3, -0.25) is 9.36 Å². The lowest BCUT2D eigenvalue weighted by Crippen LogP contribution is -2.32. The standard InChI is InChI=1S/C18H24N4O3S/c1-2-10-21-17(24)19-20-18(21)26-13-16(23)22(12-15-9-6-11-25-15)14-7-4-3-5-8-14/h6-7,9,11H,2-5,8,10,12-13H2,1H3,(H,19,24). The van der Waals surface area contributed by atoms with Crippen LogP contribution in [-0.4, -0.2) is 31.3 Å². The molecule has 0 fully saturated rings. The van der Waals surface area contributed by atoms with Crippen molar-refractivity contribution in [3.63, 3.8) is 0 Å². The van der Waals surface area contributed by atoms with Crippen molar-refractivity contribution < 1.29 is 9.21 Å². The third-order valence-corrected chi connectivity index (χ3v) is 5.27. The molecular weight excluding hydrogens is 352 g/mol. The molecule has 2 heterocycles. The molecule has 0 atom stereocenters. The average molecular weight is 376 g/mol. The molecule has 140 valence electrons. The molecule has 7 nitrogen and oxygen atoms in total. The smallest absolute Gasteiger partial charge is 0.343 e. The van der Waals surface area contributed by atoms with E-state index in [0.29, 0.717) is 18.2 Å². The Balaban J connectivity index is 1.71. The second-order valence-corrected chi connectivity index (χ2v) is 7.19. The molecule has 0 aliphatic heterocycles. The lowest BCUT2D eigenvalue weighted by Gasteiger charge is -2.27. The maximum Gasteiger partial charge on any atom is 0.343 e. The molecule has 0 saturated heterocycles. The Hall–Kier alpha value is -2.22. The van der Waals surface area contributed by atoms with Crippen molar-refractivity contribution in [1.29, 1.82) is 0 Å². The van der Waals surface area contributed by atoms with Gasteiger partial charge in [0.05, 0.1) is 18.6 Å². The fourth-order valence-electron chi connectivity index (χ4n) is 3.01. The summed E-state index contributed by atoms with van der Waals surface area (Å²) in [5.41, 5.74) is 0.829. The van der Waals surface area contributed by atoms with Crippen LogP contribution in [0.3, 0.4) is 0 Å². The third-order valence-electron chi connectivity index (χ3n) is 4.30. The molecule has 2 aromatic heterocycles. The fourth-order valence-corrected chi connectivity index (χ4v) is 3.86. The number of thioether (sulfide) groups is 1. The van der Waals surface area contributed by atoms with E-state index in [-0.39, 0.29) is 17.3 Å². The van der Waals surface area contributed by atoms with Crippen molar-refractivity contribution in [2.24, 2.45) is 0 Å². The van der Waals surface area contributed by atoms with Crippen LogP contribution in [0.1, 0.15) is 44.8 Å². The first-order chi connectivity index (χ1) is 12.7. The van der Waals surface area contributed by atoms with E-state index in [4.69, 9.17) is 4.42 Å². The van der Waals surface area contributed by atoms with Gasteiger partial charge in [-0.15, -0.1) is 5.10 Å². The molecule has 0 radical (unpaired) electrons. The number of furan rings is 1. The first kappa shape index (κ1) is 18.6. The Kier molecular flexibility index (Phi) is 6.38. The third kappa shape index (κ3) is 4.49. The van der Waals surface area contributed by atoms with Crippen LogP contribution in [-0.2, 0) is 17.9 Å². The maximum atomic E-state index is 12.9. The van der Waals surface area contributed by atoms with Gasteiger partial charge in [-0.05, 0) is 44.2 Å². The molecule has 2 aromatic rings. The van der Waals surface area contributed by atoms with Crippen LogP contribution in [0, 0.1) is 0 Å². The van der Waals surface area contributed by atoms with Gasteiger partial charge in [0.1, 0.15) is 5.76 Å². The van der Waals surface area contributed by atoms with E-state index in [1.165, 1.54) is 11.8 Å². The molecule has 0 bridgehead atoms. The highest BCUT2D eigenvalue weighted by Gasteiger charge is 2.22. The van der Waals surface area contributed by atoms with E-state index in [0.717, 1.165) is 43.6 Å². The zero-order valence-electron chi connectivity index (χ0n) is 14.9. The number of amides is 1. The first-order valence-corrected chi connectivity index (χ1v) is 9.97. The Morgan fingerprint density at radius 3 is 3.04 bits per heavy atom. The number of carbonyl (C=O) groups excluding carboxylic acids is 1. The Bertz CT molecular complexity index is 807. The van der Waals surface area contributed by atoms with E-state index in [1.54, 1.807) is 15.7 Å². The fraction of sp³-hybridized carbons (Fsp3) is 0.500. The van der Waals surface area contributed by atoms with E-state index in [1.807, 2.05) is 19.1 Å². The number of aromatic nitrogens is 3. The molecular formula is C18H24N4O3S. The molecule has 1 aliphatic rings. The van der Waals surface area contributed by atoms with Crippen LogP contribution in [0.2, 0.25) is 0 Å². The Labute approximate surface area is 156 Å². The highest BCUT2D eigenvalue weighted by atomic mass is 32.2. The van der Waals surface area contributed by atoms with E-state index in [9.17, 15) is 9.59 Å². The number of allylic oxidation sites excluding steroid dienone is 2. The highest BCUT2D eigenvalue weighted by molar-refractivity contribution is 7.99. The summed E-state index contributed by atoms with van der Waals surface area (Å²) in [5.74, 6) is 0.988. The number of hydrogen-bond donors (Lipinski definition) is 1. The van der Waals surface area contributed by atoms with Gasteiger partial charge in [0.15, 0.2) is 5.16 Å². The minimum Gasteiger partial charge on any atom is -0.467 e. The van der Waals surface area contributed by atoms with Gasteiger partial charge in [-0.1, -0.05) is 24.8 Å². The lowest BCUT2D eigenvalue weighted by atomic mass is 10.0. The molecule has 0 aromatic carbocycles. The van der Waals surface area contributed by atoms with Gasteiger partial charge in [-0.2, -0.15) is 0 Å². The highest BCUT2D eigenvalue weighted by Crippen LogP contribution is 2.25. The summed E-state index contributed by atoms with van der Waals surface area (Å²) >= 11 is 1.29. The number of hydrogen-bond acceptors (Lipinski definition) is 5. The van der Waals surface area contributed by atoms with Crippen molar-refractivity contribution in [1.82, 2.24) is 19.7 Å². The largest absolute Gasteiger partial charge is 0.467 e. The van der Waals surface area contributed by atoms with Crippen molar-refractivity contribution in [3.05, 3.63) is 46.4 Å². The molecule has 0 spiro atoms. The molecule has 0 unspecified atom stereocenters. The quantitative estimate of drug-likeness (QED) is 0.716. The van der Waals surface area contributed by atoms with Crippen molar-refractivity contribution in [2.45, 2.75) is 57.3 Å². The summed E-state index contributed by atoms with van der Waals surface area (Å²) in [6.45, 7) is 3.02. The van der Waals surface area contributed by atoms with Crippen molar-refractivity contribution >= 4 is 17.7 Å². The SMILES string of the molecule is CCCn1c(SCC(=O)N(Cc2ccco2)C2=CCCCC2)n[nH]c1=O. The maximum absolute atomic E-state index is 12.9. The summed E-state index contributed by atoms with van der Waals surface area (Å²) in [6.07, 6.45) is 8.76. The zero-order valence-corrected chi connectivity index (χ0v) is 15.8. The van der Waals surface area contributed by atoms with Crippen LogP contribution >= 0.6 is 11.8 Å². The van der Waals surface area contributed by atoms with Gasteiger partial charge >= 0.3 is 5.69 Å². The number of H-pyrrole nitrogens is 1. The summed E-state index contributed by atoms with van der Waals surface area (Å²) in [6, 6.07) is 3.71. The lowest BCUT2D eigenvalue weighted by molar-refractivity contribution is -0.127. The summed E-state index contributed by atoms with van der Waals surface area (Å²) < 4.78 is 7.01. The van der Waals surface area contributed by atoms with Crippen molar-refractivity contribution in [2.75, 3.05) is 5.75 Å². The van der Waals surface area contributed by atoms with Gasteiger partial charge in [0.25, 0.3) is 0 Å². The van der Waals surface area contributed by atoms with Crippen LogP contribution in [0.4, 0.5) is 0 Å². The van der Waals surface area contributed by atoms with Crippen LogP contribution in [0.15, 0.2) is 44.5 Å². The molecule has 8 heteroatoms. The van der Waals surface area contributed by atoms with Gasteiger partial charge in [0, 0.05) is 12.2 Å². The summed E-state index contributed by atoms with van der Waals surface area (Å²) in [7, 11) is 0. The Morgan fingerprint density at radius 1 is 1.46 bits per heavy atom. The molecule has 0 saturated carbocycles. The van der Waals surface area contributed by atoms with Gasteiger partial charge in [0.2, 0.25) is 5.91 Å². The predicted octanol–water partition coefficient (Wildman–Crippen LogP) is 3.15. The molecule has 3 rings (SSSR count).